The number of hydrogen-bond acceptors (Lipinski definition) is 2. The van der Waals surface area contributed by atoms with Crippen molar-refractivity contribution in [1.29, 1.82) is 0 Å². The monoisotopic (exact) mass is 229 g/mol. The number of guanidine groups is 1. The fourth-order valence-electron chi connectivity index (χ4n) is 1.40. The first-order valence-electron chi connectivity index (χ1n) is 5.76. The van der Waals surface area contributed by atoms with Gasteiger partial charge in [-0.1, -0.05) is 20.8 Å². The lowest BCUT2D eigenvalue weighted by atomic mass is 9.89. The Hall–Kier alpha value is -0.770. The van der Waals surface area contributed by atoms with Crippen LogP contribution in [-0.2, 0) is 0 Å². The molecule has 0 rings (SSSR count). The molecule has 0 saturated heterocycles. The standard InChI is InChI=1S/C12H27N3O/c1-11(2,3)7-9(16)8-14-10(13)15-12(4,5)6/h9,16H,7-8H2,1-6H3,(H3,13,14,15). The van der Waals surface area contributed by atoms with Crippen LogP contribution in [-0.4, -0.2) is 29.3 Å². The SMILES string of the molecule is CC(C)(C)CC(O)CN=C(N)NC(C)(C)C. The molecule has 1 atom stereocenters. The minimum atomic E-state index is -0.430. The van der Waals surface area contributed by atoms with E-state index in [4.69, 9.17) is 5.73 Å². The number of aliphatic hydroxyl groups excluding tert-OH is 1. The van der Waals surface area contributed by atoms with E-state index < -0.39 is 6.10 Å². The fourth-order valence-corrected chi connectivity index (χ4v) is 1.40. The van der Waals surface area contributed by atoms with E-state index >= 15 is 0 Å². The predicted octanol–water partition coefficient (Wildman–Crippen LogP) is 1.49. The van der Waals surface area contributed by atoms with Crippen molar-refractivity contribution < 1.29 is 5.11 Å². The Labute approximate surface area is 99.3 Å². The Morgan fingerprint density at radius 3 is 2.12 bits per heavy atom. The molecule has 96 valence electrons. The van der Waals surface area contributed by atoms with Crippen molar-refractivity contribution in [2.45, 2.75) is 59.6 Å². The summed E-state index contributed by atoms with van der Waals surface area (Å²) in [5.74, 6) is 0.389. The number of nitrogens with one attached hydrogen (secondary N) is 1. The molecule has 0 aliphatic heterocycles. The highest BCUT2D eigenvalue weighted by molar-refractivity contribution is 5.78. The molecule has 4 heteroatoms. The van der Waals surface area contributed by atoms with Crippen molar-refractivity contribution in [2.24, 2.45) is 16.1 Å². The maximum Gasteiger partial charge on any atom is 0.189 e. The van der Waals surface area contributed by atoms with E-state index in [0.29, 0.717) is 12.5 Å². The summed E-state index contributed by atoms with van der Waals surface area (Å²) in [6, 6.07) is 0. The highest BCUT2D eigenvalue weighted by Crippen LogP contribution is 2.20. The zero-order valence-electron chi connectivity index (χ0n) is 11.5. The number of nitrogens with two attached hydrogens (primary N) is 1. The molecule has 0 saturated carbocycles. The quantitative estimate of drug-likeness (QED) is 0.507. The third-order valence-corrected chi connectivity index (χ3v) is 1.82. The zero-order valence-corrected chi connectivity index (χ0v) is 11.5. The van der Waals surface area contributed by atoms with Gasteiger partial charge in [0.05, 0.1) is 12.6 Å². The van der Waals surface area contributed by atoms with E-state index in [-0.39, 0.29) is 11.0 Å². The van der Waals surface area contributed by atoms with E-state index in [1.165, 1.54) is 0 Å². The van der Waals surface area contributed by atoms with Gasteiger partial charge in [0.1, 0.15) is 0 Å². The van der Waals surface area contributed by atoms with E-state index in [1.54, 1.807) is 0 Å². The van der Waals surface area contributed by atoms with Crippen LogP contribution in [0, 0.1) is 5.41 Å². The molecule has 0 aliphatic carbocycles. The number of aliphatic imine (C=N–C) groups is 1. The van der Waals surface area contributed by atoms with Crippen LogP contribution in [0.25, 0.3) is 0 Å². The van der Waals surface area contributed by atoms with Crippen LogP contribution in [0.15, 0.2) is 4.99 Å². The predicted molar refractivity (Wildman–Crippen MR) is 69.5 cm³/mol. The van der Waals surface area contributed by atoms with Gasteiger partial charge in [-0.3, -0.25) is 4.99 Å². The second-order valence-electron chi connectivity index (χ2n) is 6.52. The normalized spacial score (nSPS) is 16.1. The van der Waals surface area contributed by atoms with Crippen LogP contribution < -0.4 is 11.1 Å². The molecule has 1 unspecified atom stereocenters. The molecule has 0 fully saturated rings. The van der Waals surface area contributed by atoms with Gasteiger partial charge in [0.15, 0.2) is 5.96 Å². The minimum absolute atomic E-state index is 0.0947. The minimum Gasteiger partial charge on any atom is -0.391 e. The highest BCUT2D eigenvalue weighted by Gasteiger charge is 2.16. The second kappa shape index (κ2) is 5.53. The van der Waals surface area contributed by atoms with Crippen molar-refractivity contribution in [1.82, 2.24) is 5.32 Å². The lowest BCUT2D eigenvalue weighted by molar-refractivity contribution is 0.128. The van der Waals surface area contributed by atoms with Gasteiger partial charge in [-0.05, 0) is 32.6 Å². The lowest BCUT2D eigenvalue weighted by Crippen LogP contribution is -2.45. The van der Waals surface area contributed by atoms with Crippen molar-refractivity contribution in [3.05, 3.63) is 0 Å². The Kier molecular flexibility index (Phi) is 5.26. The molecule has 4 nitrogen and oxygen atoms in total. The molecule has 0 heterocycles. The molecular weight excluding hydrogens is 202 g/mol. The van der Waals surface area contributed by atoms with E-state index in [2.05, 4.69) is 31.1 Å². The summed E-state index contributed by atoms with van der Waals surface area (Å²) in [6.07, 6.45) is 0.291. The molecule has 16 heavy (non-hydrogen) atoms. The van der Waals surface area contributed by atoms with Crippen molar-refractivity contribution >= 4 is 5.96 Å². The molecule has 0 aromatic carbocycles. The van der Waals surface area contributed by atoms with Gasteiger partial charge in [-0.2, -0.15) is 0 Å². The molecule has 0 spiro atoms. The summed E-state index contributed by atoms with van der Waals surface area (Å²) in [4.78, 5) is 4.13. The topological polar surface area (TPSA) is 70.6 Å². The molecule has 4 N–H and O–H groups in total. The first kappa shape index (κ1) is 15.2. The summed E-state index contributed by atoms with van der Waals surface area (Å²) in [5.41, 5.74) is 5.72. The Morgan fingerprint density at radius 1 is 1.25 bits per heavy atom. The van der Waals surface area contributed by atoms with Gasteiger partial charge in [-0.15, -0.1) is 0 Å². The maximum absolute atomic E-state index is 9.74. The molecule has 0 aromatic rings. The first-order chi connectivity index (χ1) is 6.99. The van der Waals surface area contributed by atoms with Gasteiger partial charge >= 0.3 is 0 Å². The fraction of sp³-hybridized carbons (Fsp3) is 0.917. The average Bonchev–Trinajstić information content (AvgIpc) is 1.94. The number of rotatable bonds is 3. The molecule has 0 radical (unpaired) electrons. The van der Waals surface area contributed by atoms with Gasteiger partial charge in [0, 0.05) is 5.54 Å². The van der Waals surface area contributed by atoms with Crippen LogP contribution in [0.3, 0.4) is 0 Å². The highest BCUT2D eigenvalue weighted by atomic mass is 16.3. The van der Waals surface area contributed by atoms with Crippen molar-refractivity contribution in [3.8, 4) is 0 Å². The van der Waals surface area contributed by atoms with E-state index in [1.807, 2.05) is 20.8 Å². The van der Waals surface area contributed by atoms with E-state index in [0.717, 1.165) is 6.42 Å². The van der Waals surface area contributed by atoms with E-state index in [9.17, 15) is 5.11 Å². The molecule has 0 amide bonds. The van der Waals surface area contributed by atoms with Gasteiger partial charge in [0.2, 0.25) is 0 Å². The lowest BCUT2D eigenvalue weighted by Gasteiger charge is -2.23. The summed E-state index contributed by atoms with van der Waals surface area (Å²) in [6.45, 7) is 12.7. The Balaban J connectivity index is 4.07. The maximum atomic E-state index is 9.74. The van der Waals surface area contributed by atoms with Gasteiger partial charge < -0.3 is 16.2 Å². The van der Waals surface area contributed by atoms with Crippen LogP contribution in [0.1, 0.15) is 48.0 Å². The van der Waals surface area contributed by atoms with Crippen molar-refractivity contribution in [2.75, 3.05) is 6.54 Å². The number of nitrogens with zero attached hydrogens (tertiary/aromatic N) is 1. The van der Waals surface area contributed by atoms with Crippen molar-refractivity contribution in [3.63, 3.8) is 0 Å². The molecule has 0 aromatic heterocycles. The van der Waals surface area contributed by atoms with Gasteiger partial charge in [-0.25, -0.2) is 0 Å². The Bertz CT molecular complexity index is 236. The summed E-state index contributed by atoms with van der Waals surface area (Å²) >= 11 is 0. The summed E-state index contributed by atoms with van der Waals surface area (Å²) < 4.78 is 0. The Morgan fingerprint density at radius 2 is 1.75 bits per heavy atom. The zero-order chi connectivity index (χ0) is 13.0. The van der Waals surface area contributed by atoms with Crippen LogP contribution in [0.2, 0.25) is 0 Å². The summed E-state index contributed by atoms with van der Waals surface area (Å²) in [7, 11) is 0. The average molecular weight is 229 g/mol. The molecule has 0 bridgehead atoms. The van der Waals surface area contributed by atoms with Crippen LogP contribution >= 0.6 is 0 Å². The third kappa shape index (κ3) is 9.77. The molecular formula is C12H27N3O. The van der Waals surface area contributed by atoms with Crippen LogP contribution in [0.4, 0.5) is 0 Å². The van der Waals surface area contributed by atoms with Crippen LogP contribution in [0.5, 0.6) is 0 Å². The number of aliphatic hydroxyl groups is 1. The third-order valence-electron chi connectivity index (χ3n) is 1.82. The second-order valence-corrected chi connectivity index (χ2v) is 6.52. The first-order valence-corrected chi connectivity index (χ1v) is 5.76. The largest absolute Gasteiger partial charge is 0.391 e. The molecule has 0 aliphatic rings. The summed E-state index contributed by atoms with van der Waals surface area (Å²) in [5, 5.41) is 12.8. The smallest absolute Gasteiger partial charge is 0.189 e. The van der Waals surface area contributed by atoms with Gasteiger partial charge in [0.25, 0.3) is 0 Å². The number of hydrogen-bond donors (Lipinski definition) is 3.